The van der Waals surface area contributed by atoms with Crippen molar-refractivity contribution in [2.45, 2.75) is 17.7 Å². The van der Waals surface area contributed by atoms with Gasteiger partial charge in [-0.25, -0.2) is 4.98 Å². The molecule has 0 unspecified atom stereocenters. The number of ether oxygens (including phenoxy) is 1. The maximum atomic E-state index is 12.1. The van der Waals surface area contributed by atoms with Crippen molar-refractivity contribution in [3.8, 4) is 16.3 Å². The predicted octanol–water partition coefficient (Wildman–Crippen LogP) is 6.04. The summed E-state index contributed by atoms with van der Waals surface area (Å²) in [6, 6.07) is 11.7. The van der Waals surface area contributed by atoms with Crippen molar-refractivity contribution in [2.24, 2.45) is 0 Å². The molecular formula is C18H17ClN2O2S3. The lowest BCUT2D eigenvalue weighted by atomic mass is 10.3. The fourth-order valence-corrected chi connectivity index (χ4v) is 4.83. The number of nitrogens with one attached hydrogen (secondary N) is 1. The fourth-order valence-electron chi connectivity index (χ4n) is 2.17. The lowest BCUT2D eigenvalue weighted by molar-refractivity contribution is -0.116. The molecule has 1 N–H and O–H groups in total. The number of anilines is 1. The average Bonchev–Trinajstić information content (AvgIpc) is 3.28. The zero-order chi connectivity index (χ0) is 18.4. The largest absolute Gasteiger partial charge is 0.497 e. The van der Waals surface area contributed by atoms with Gasteiger partial charge in [0.15, 0.2) is 5.13 Å². The third-order valence-corrected chi connectivity index (χ3v) is 6.56. The molecule has 0 bridgehead atoms. The molecule has 1 amide bonds. The molecule has 2 aromatic heterocycles. The minimum atomic E-state index is -0.00885. The highest BCUT2D eigenvalue weighted by atomic mass is 35.5. The van der Waals surface area contributed by atoms with E-state index < -0.39 is 0 Å². The molecule has 0 spiro atoms. The van der Waals surface area contributed by atoms with Crippen molar-refractivity contribution >= 4 is 57.1 Å². The molecule has 0 saturated heterocycles. The van der Waals surface area contributed by atoms with Gasteiger partial charge in [0.25, 0.3) is 0 Å². The number of carbonyl (C=O) groups is 1. The number of methoxy groups -OCH3 is 1. The lowest BCUT2D eigenvalue weighted by Crippen LogP contribution is -2.11. The molecule has 0 aliphatic heterocycles. The number of aromatic nitrogens is 1. The van der Waals surface area contributed by atoms with E-state index in [9.17, 15) is 4.79 Å². The lowest BCUT2D eigenvalue weighted by Gasteiger charge is -2.04. The van der Waals surface area contributed by atoms with Gasteiger partial charge < -0.3 is 10.1 Å². The molecule has 0 saturated carbocycles. The Morgan fingerprint density at radius 1 is 1.27 bits per heavy atom. The number of amides is 1. The summed E-state index contributed by atoms with van der Waals surface area (Å²) >= 11 is 10.6. The van der Waals surface area contributed by atoms with E-state index in [1.807, 2.05) is 41.8 Å². The highest BCUT2D eigenvalue weighted by molar-refractivity contribution is 7.99. The molecule has 3 aromatic rings. The van der Waals surface area contributed by atoms with E-state index in [-0.39, 0.29) is 5.91 Å². The van der Waals surface area contributed by atoms with Gasteiger partial charge in [0, 0.05) is 16.7 Å². The van der Waals surface area contributed by atoms with Crippen molar-refractivity contribution in [2.75, 3.05) is 18.2 Å². The van der Waals surface area contributed by atoms with Gasteiger partial charge in [-0.3, -0.25) is 4.79 Å². The molecular weight excluding hydrogens is 408 g/mol. The van der Waals surface area contributed by atoms with Gasteiger partial charge in [0.2, 0.25) is 5.91 Å². The highest BCUT2D eigenvalue weighted by Gasteiger charge is 2.09. The summed E-state index contributed by atoms with van der Waals surface area (Å²) in [5.41, 5.74) is 0.845. The first kappa shape index (κ1) is 19.2. The first-order chi connectivity index (χ1) is 12.6. The predicted molar refractivity (Wildman–Crippen MR) is 112 cm³/mol. The number of thiazole rings is 1. The molecule has 0 fully saturated rings. The summed E-state index contributed by atoms with van der Waals surface area (Å²) in [5.74, 6) is 1.73. The van der Waals surface area contributed by atoms with Crippen LogP contribution in [-0.4, -0.2) is 23.8 Å². The molecule has 3 rings (SSSR count). The van der Waals surface area contributed by atoms with Gasteiger partial charge in [0.05, 0.1) is 22.0 Å². The number of hydrogen-bond acceptors (Lipinski definition) is 6. The minimum absolute atomic E-state index is 0.00885. The molecule has 8 heteroatoms. The van der Waals surface area contributed by atoms with Gasteiger partial charge in [-0.15, -0.1) is 34.4 Å². The monoisotopic (exact) mass is 424 g/mol. The van der Waals surface area contributed by atoms with E-state index in [0.29, 0.717) is 11.6 Å². The number of benzene rings is 1. The molecule has 4 nitrogen and oxygen atoms in total. The number of carbonyl (C=O) groups excluding carboxylic acids is 1. The number of thiophene rings is 1. The Morgan fingerprint density at radius 2 is 2.08 bits per heavy atom. The molecule has 136 valence electrons. The first-order valence-corrected chi connectivity index (χ1v) is 11.0. The molecule has 0 aliphatic carbocycles. The Bertz CT molecular complexity index is 861. The summed E-state index contributed by atoms with van der Waals surface area (Å²) in [6.07, 6.45) is 1.28. The van der Waals surface area contributed by atoms with E-state index in [0.717, 1.165) is 32.8 Å². The Morgan fingerprint density at radius 3 is 2.77 bits per heavy atom. The van der Waals surface area contributed by atoms with Crippen LogP contribution in [0.3, 0.4) is 0 Å². The van der Waals surface area contributed by atoms with Crippen LogP contribution < -0.4 is 10.1 Å². The summed E-state index contributed by atoms with van der Waals surface area (Å²) in [4.78, 5) is 18.7. The van der Waals surface area contributed by atoms with E-state index in [4.69, 9.17) is 16.3 Å². The smallest absolute Gasteiger partial charge is 0.226 e. The van der Waals surface area contributed by atoms with E-state index in [1.54, 1.807) is 18.9 Å². The van der Waals surface area contributed by atoms with Crippen molar-refractivity contribution < 1.29 is 9.53 Å². The number of hydrogen-bond donors (Lipinski definition) is 1. The highest BCUT2D eigenvalue weighted by Crippen LogP contribution is 2.32. The van der Waals surface area contributed by atoms with Crippen molar-refractivity contribution in [3.05, 3.63) is 46.1 Å². The SMILES string of the molecule is COc1ccc(SCCCC(=O)Nc2nc(-c3ccc(Cl)s3)cs2)cc1. The maximum Gasteiger partial charge on any atom is 0.226 e. The van der Waals surface area contributed by atoms with Crippen LogP contribution >= 0.6 is 46.0 Å². The molecule has 2 heterocycles. The van der Waals surface area contributed by atoms with E-state index >= 15 is 0 Å². The summed E-state index contributed by atoms with van der Waals surface area (Å²) in [7, 11) is 1.65. The summed E-state index contributed by atoms with van der Waals surface area (Å²) in [6.45, 7) is 0. The Kier molecular flexibility index (Phi) is 6.96. The Balaban J connectivity index is 1.40. The molecule has 0 atom stereocenters. The third-order valence-electron chi connectivity index (χ3n) is 3.45. The third kappa shape index (κ3) is 5.48. The van der Waals surface area contributed by atoms with Gasteiger partial charge in [-0.05, 0) is 48.6 Å². The fraction of sp³-hybridized carbons (Fsp3) is 0.222. The van der Waals surface area contributed by atoms with Crippen molar-refractivity contribution in [1.29, 1.82) is 0 Å². The van der Waals surface area contributed by atoms with Crippen molar-refractivity contribution in [1.82, 2.24) is 4.98 Å². The van der Waals surface area contributed by atoms with Gasteiger partial charge in [-0.1, -0.05) is 11.6 Å². The maximum absolute atomic E-state index is 12.1. The van der Waals surface area contributed by atoms with Gasteiger partial charge in [-0.2, -0.15) is 0 Å². The topological polar surface area (TPSA) is 51.2 Å². The number of rotatable bonds is 8. The normalized spacial score (nSPS) is 10.7. The minimum Gasteiger partial charge on any atom is -0.497 e. The second kappa shape index (κ2) is 9.41. The van der Waals surface area contributed by atoms with Crippen LogP contribution in [0.25, 0.3) is 10.6 Å². The molecule has 0 radical (unpaired) electrons. The Hall–Kier alpha value is -1.54. The van der Waals surface area contributed by atoms with Crippen LogP contribution in [0.15, 0.2) is 46.7 Å². The number of thioether (sulfide) groups is 1. The second-order valence-electron chi connectivity index (χ2n) is 5.32. The van der Waals surface area contributed by atoms with Crippen molar-refractivity contribution in [3.63, 3.8) is 0 Å². The molecule has 0 aliphatic rings. The van der Waals surface area contributed by atoms with Crippen LogP contribution in [0, 0.1) is 0 Å². The second-order valence-corrected chi connectivity index (χ2v) is 9.06. The number of nitrogens with zero attached hydrogens (tertiary/aromatic N) is 1. The summed E-state index contributed by atoms with van der Waals surface area (Å²) in [5, 5.41) is 5.42. The van der Waals surface area contributed by atoms with E-state index in [1.165, 1.54) is 27.6 Å². The zero-order valence-electron chi connectivity index (χ0n) is 14.0. The van der Waals surface area contributed by atoms with Crippen LogP contribution in [0.5, 0.6) is 5.75 Å². The average molecular weight is 425 g/mol. The summed E-state index contributed by atoms with van der Waals surface area (Å²) < 4.78 is 5.87. The first-order valence-electron chi connectivity index (χ1n) is 7.92. The van der Waals surface area contributed by atoms with Crippen LogP contribution in [-0.2, 0) is 4.79 Å². The Labute approximate surface area is 169 Å². The van der Waals surface area contributed by atoms with Crippen LogP contribution in [0.1, 0.15) is 12.8 Å². The standard InChI is InChI=1S/C18H17ClN2O2S3/c1-23-12-4-6-13(7-5-12)24-10-2-3-17(22)21-18-20-14(11-25-18)15-8-9-16(19)26-15/h4-9,11H,2-3,10H2,1H3,(H,20,21,22). The van der Waals surface area contributed by atoms with E-state index in [2.05, 4.69) is 10.3 Å². The quantitative estimate of drug-likeness (QED) is 0.353. The molecule has 1 aromatic carbocycles. The molecule has 26 heavy (non-hydrogen) atoms. The van der Waals surface area contributed by atoms with Crippen LogP contribution in [0.4, 0.5) is 5.13 Å². The van der Waals surface area contributed by atoms with Gasteiger partial charge in [0.1, 0.15) is 5.75 Å². The zero-order valence-corrected chi connectivity index (χ0v) is 17.2. The van der Waals surface area contributed by atoms with Crippen LogP contribution in [0.2, 0.25) is 4.34 Å². The number of halogens is 1. The van der Waals surface area contributed by atoms with Gasteiger partial charge >= 0.3 is 0 Å².